The lowest BCUT2D eigenvalue weighted by Gasteiger charge is -2.05. The first-order valence-corrected chi connectivity index (χ1v) is 10.0. The van der Waals surface area contributed by atoms with Gasteiger partial charge in [0.25, 0.3) is 0 Å². The van der Waals surface area contributed by atoms with Crippen molar-refractivity contribution in [2.24, 2.45) is 4.99 Å². The summed E-state index contributed by atoms with van der Waals surface area (Å²) in [4.78, 5) is 15.1. The monoisotopic (exact) mass is 392 g/mol. The van der Waals surface area contributed by atoms with Gasteiger partial charge in [0.05, 0.1) is 5.70 Å². The van der Waals surface area contributed by atoms with Crippen LogP contribution >= 0.6 is 0 Å². The smallest absolute Gasteiger partial charge is 0.152 e. The number of carbonyl (C=O) groups is 1. The van der Waals surface area contributed by atoms with Crippen LogP contribution in [0.1, 0.15) is 52.7 Å². The Balaban J connectivity index is 0.000000499. The minimum Gasteiger partial charge on any atom is -0.381 e. The number of para-hydroxylation sites is 1. The molecule has 3 nitrogen and oxygen atoms in total. The van der Waals surface area contributed by atoms with Gasteiger partial charge in [0, 0.05) is 17.9 Å². The van der Waals surface area contributed by atoms with E-state index in [4.69, 9.17) is 0 Å². The van der Waals surface area contributed by atoms with Crippen molar-refractivity contribution in [3.8, 4) is 0 Å². The third kappa shape index (κ3) is 13.0. The number of nitrogens with one attached hydrogen (secondary N) is 1. The van der Waals surface area contributed by atoms with E-state index in [-0.39, 0.29) is 5.78 Å². The molecule has 2 aromatic rings. The largest absolute Gasteiger partial charge is 0.381 e. The van der Waals surface area contributed by atoms with Crippen LogP contribution in [0.2, 0.25) is 0 Å². The highest BCUT2D eigenvalue weighted by Gasteiger charge is 1.95. The van der Waals surface area contributed by atoms with Crippen LogP contribution in [0.4, 0.5) is 5.69 Å². The normalized spacial score (nSPS) is 9.83. The van der Waals surface area contributed by atoms with Crippen molar-refractivity contribution in [1.29, 1.82) is 0 Å². The molecule has 0 saturated heterocycles. The highest BCUT2D eigenvalue weighted by atomic mass is 16.1. The van der Waals surface area contributed by atoms with Crippen molar-refractivity contribution in [1.82, 2.24) is 0 Å². The van der Waals surface area contributed by atoms with Crippen LogP contribution in [0.3, 0.4) is 0 Å². The molecule has 0 amide bonds. The second-order valence-corrected chi connectivity index (χ2v) is 6.69. The summed E-state index contributed by atoms with van der Waals surface area (Å²) in [6.45, 7) is 18.1. The van der Waals surface area contributed by atoms with E-state index in [1.165, 1.54) is 5.56 Å². The number of anilines is 1. The molecule has 156 valence electrons. The van der Waals surface area contributed by atoms with Crippen molar-refractivity contribution in [2.75, 3.05) is 11.9 Å². The average Bonchev–Trinajstić information content (AvgIpc) is 2.69. The van der Waals surface area contributed by atoms with Gasteiger partial charge in [-0.15, -0.1) is 0 Å². The standard InChI is InChI=1S/C12H15NO.C12H15N.C2H6/c1-10(8-11(2)14)9-13-12-6-4-3-5-7-12;1-9(2)13-11(4)12-7-5-10(3)6-8-12;1-2/h3-8,13H,9H2,1-2H3;5-8H,4H2,1-3H3;1-2H3/b10-8+;;. The lowest BCUT2D eigenvalue weighted by Crippen LogP contribution is -2.03. The molecule has 0 radical (unpaired) electrons. The first-order valence-electron chi connectivity index (χ1n) is 10.0. The summed E-state index contributed by atoms with van der Waals surface area (Å²) in [5, 5.41) is 3.23. The Hall–Kier alpha value is -2.94. The molecule has 0 aliphatic heterocycles. The molecule has 29 heavy (non-hydrogen) atoms. The molecule has 0 unspecified atom stereocenters. The molecule has 0 heterocycles. The van der Waals surface area contributed by atoms with E-state index < -0.39 is 0 Å². The van der Waals surface area contributed by atoms with Gasteiger partial charge in [-0.25, -0.2) is 0 Å². The average molecular weight is 393 g/mol. The molecule has 0 spiro atoms. The Morgan fingerprint density at radius 3 is 2.00 bits per heavy atom. The second-order valence-electron chi connectivity index (χ2n) is 6.69. The fourth-order valence-electron chi connectivity index (χ4n) is 2.28. The number of nitrogens with zero attached hydrogens (tertiary/aromatic N) is 1. The van der Waals surface area contributed by atoms with Crippen LogP contribution in [-0.2, 0) is 4.79 Å². The number of carbonyl (C=O) groups excluding carboxylic acids is 1. The van der Waals surface area contributed by atoms with E-state index in [0.717, 1.165) is 28.2 Å². The Bertz CT molecular complexity index is 796. The van der Waals surface area contributed by atoms with Gasteiger partial charge in [-0.05, 0) is 58.4 Å². The summed E-state index contributed by atoms with van der Waals surface area (Å²) in [7, 11) is 0. The topological polar surface area (TPSA) is 41.5 Å². The molecule has 0 aromatic heterocycles. The molecule has 1 N–H and O–H groups in total. The Labute approximate surface area is 177 Å². The maximum Gasteiger partial charge on any atom is 0.152 e. The first kappa shape index (κ1) is 26.1. The van der Waals surface area contributed by atoms with E-state index in [9.17, 15) is 4.79 Å². The molecule has 0 saturated carbocycles. The van der Waals surface area contributed by atoms with Crippen molar-refractivity contribution < 1.29 is 4.79 Å². The molecule has 0 aliphatic rings. The van der Waals surface area contributed by atoms with E-state index >= 15 is 0 Å². The van der Waals surface area contributed by atoms with Crippen LogP contribution in [0.5, 0.6) is 0 Å². The zero-order chi connectivity index (χ0) is 22.2. The third-order valence-electron chi connectivity index (χ3n) is 3.54. The van der Waals surface area contributed by atoms with Crippen molar-refractivity contribution in [3.05, 3.63) is 84.0 Å². The lowest BCUT2D eigenvalue weighted by molar-refractivity contribution is -0.112. The quantitative estimate of drug-likeness (QED) is 0.420. The van der Waals surface area contributed by atoms with Crippen molar-refractivity contribution >= 4 is 22.9 Å². The maximum absolute atomic E-state index is 10.8. The van der Waals surface area contributed by atoms with Gasteiger partial charge in [0.2, 0.25) is 0 Å². The summed E-state index contributed by atoms with van der Waals surface area (Å²) in [5.74, 6) is 0.0948. The van der Waals surface area contributed by atoms with E-state index in [1.54, 1.807) is 13.0 Å². The molecular weight excluding hydrogens is 356 g/mol. The van der Waals surface area contributed by atoms with Gasteiger partial charge in [0.15, 0.2) is 5.78 Å². The molecular formula is C26H36N2O. The summed E-state index contributed by atoms with van der Waals surface area (Å²) in [6.07, 6.45) is 1.65. The zero-order valence-electron chi connectivity index (χ0n) is 19.0. The summed E-state index contributed by atoms with van der Waals surface area (Å²) >= 11 is 0. The van der Waals surface area contributed by atoms with Gasteiger partial charge >= 0.3 is 0 Å². The van der Waals surface area contributed by atoms with Gasteiger partial charge in [-0.3, -0.25) is 9.79 Å². The zero-order valence-corrected chi connectivity index (χ0v) is 19.0. The number of allylic oxidation sites excluding steroid dienone is 1. The summed E-state index contributed by atoms with van der Waals surface area (Å²) < 4.78 is 0. The van der Waals surface area contributed by atoms with Gasteiger partial charge in [-0.1, -0.05) is 74.0 Å². The van der Waals surface area contributed by atoms with Crippen molar-refractivity contribution in [3.63, 3.8) is 0 Å². The van der Waals surface area contributed by atoms with Gasteiger partial charge in [-0.2, -0.15) is 0 Å². The number of aryl methyl sites for hydroxylation is 1. The third-order valence-corrected chi connectivity index (χ3v) is 3.54. The fourth-order valence-corrected chi connectivity index (χ4v) is 2.28. The van der Waals surface area contributed by atoms with Crippen LogP contribution in [-0.4, -0.2) is 18.0 Å². The Kier molecular flexibility index (Phi) is 13.5. The minimum absolute atomic E-state index is 0.0948. The van der Waals surface area contributed by atoms with Gasteiger partial charge in [0.1, 0.15) is 0 Å². The van der Waals surface area contributed by atoms with Crippen LogP contribution in [0, 0.1) is 6.92 Å². The number of rotatable bonds is 6. The van der Waals surface area contributed by atoms with E-state index in [2.05, 4.69) is 35.9 Å². The molecule has 0 aliphatic carbocycles. The number of ketones is 1. The number of hydrogen-bond acceptors (Lipinski definition) is 3. The van der Waals surface area contributed by atoms with E-state index in [0.29, 0.717) is 6.54 Å². The minimum atomic E-state index is 0.0948. The number of benzene rings is 2. The molecule has 3 heteroatoms. The number of hydrogen-bond donors (Lipinski definition) is 1. The molecule has 0 fully saturated rings. The molecule has 2 aromatic carbocycles. The van der Waals surface area contributed by atoms with Crippen molar-refractivity contribution in [2.45, 2.75) is 48.5 Å². The van der Waals surface area contributed by atoms with Crippen LogP contribution < -0.4 is 5.32 Å². The highest BCUT2D eigenvalue weighted by molar-refractivity contribution is 5.88. The first-order chi connectivity index (χ1) is 13.8. The number of aliphatic imine (C=N–C) groups is 1. The fraction of sp³-hybridized carbons (Fsp3) is 0.308. The van der Waals surface area contributed by atoms with Crippen LogP contribution in [0.25, 0.3) is 5.70 Å². The van der Waals surface area contributed by atoms with Crippen LogP contribution in [0.15, 0.2) is 77.8 Å². The Morgan fingerprint density at radius 1 is 0.966 bits per heavy atom. The maximum atomic E-state index is 10.8. The molecule has 2 rings (SSSR count). The van der Waals surface area contributed by atoms with Gasteiger partial charge < -0.3 is 5.32 Å². The van der Waals surface area contributed by atoms with E-state index in [1.807, 2.05) is 77.1 Å². The predicted molar refractivity (Wildman–Crippen MR) is 130 cm³/mol. The highest BCUT2D eigenvalue weighted by Crippen LogP contribution is 2.14. The summed E-state index contributed by atoms with van der Waals surface area (Å²) in [6, 6.07) is 18.2. The SMILES string of the molecule is C=C(N=C(C)C)c1ccc(C)cc1.CC.CC(=O)/C=C(\C)CNc1ccccc1. The predicted octanol–water partition coefficient (Wildman–Crippen LogP) is 7.11. The summed E-state index contributed by atoms with van der Waals surface area (Å²) in [5.41, 5.74) is 6.33. The molecule has 0 atom stereocenters. The molecule has 0 bridgehead atoms. The Morgan fingerprint density at radius 2 is 1.52 bits per heavy atom. The lowest BCUT2D eigenvalue weighted by atomic mass is 10.1. The second kappa shape index (κ2) is 15.0.